The summed E-state index contributed by atoms with van der Waals surface area (Å²) in [5.74, 6) is 0.247. The first-order valence-electron chi connectivity index (χ1n) is 13.3. The third-order valence-electron chi connectivity index (χ3n) is 6.97. The Bertz CT molecular complexity index is 1640. The lowest BCUT2D eigenvalue weighted by atomic mass is 10.0. The number of hydrogen-bond acceptors (Lipinski definition) is 10. The second-order valence-corrected chi connectivity index (χ2v) is 9.80. The van der Waals surface area contributed by atoms with Crippen molar-refractivity contribution in [1.29, 1.82) is 0 Å². The van der Waals surface area contributed by atoms with E-state index in [1.54, 1.807) is 35.2 Å². The molecule has 0 spiro atoms. The highest BCUT2D eigenvalue weighted by molar-refractivity contribution is 5.95. The van der Waals surface area contributed by atoms with E-state index in [4.69, 9.17) is 4.42 Å². The van der Waals surface area contributed by atoms with Gasteiger partial charge in [-0.1, -0.05) is 30.3 Å². The minimum absolute atomic E-state index is 0.166. The lowest BCUT2D eigenvalue weighted by Crippen LogP contribution is -2.52. The minimum atomic E-state index is -2.80. The van der Waals surface area contributed by atoms with Crippen molar-refractivity contribution >= 4 is 34.4 Å². The van der Waals surface area contributed by atoms with Crippen LogP contribution in [-0.4, -0.2) is 75.3 Å². The number of amidine groups is 1. The van der Waals surface area contributed by atoms with E-state index in [9.17, 15) is 18.4 Å². The number of nitrogens with one attached hydrogen (secondary N) is 3. The summed E-state index contributed by atoms with van der Waals surface area (Å²) in [5.41, 5.74) is 8.56. The number of oxazole rings is 1. The normalized spacial score (nSPS) is 16.4. The molecule has 1 fully saturated rings. The summed E-state index contributed by atoms with van der Waals surface area (Å²) < 4.78 is 32.3. The van der Waals surface area contributed by atoms with E-state index in [-0.39, 0.29) is 17.7 Å². The van der Waals surface area contributed by atoms with Crippen molar-refractivity contribution in [2.24, 2.45) is 5.10 Å². The van der Waals surface area contributed by atoms with Crippen LogP contribution in [0.4, 0.5) is 14.5 Å². The molecule has 2 aliphatic rings. The molecule has 0 radical (unpaired) electrons. The standard InChI is InChI=1S/C28H27F2N9O3/c1-17(40)32-20-7-8-23-21(16-20)33-26(42-23)22-15-19(9-10-31-22)27(41)38-13-11-37(12-14-38)24(18-5-3-2-4-6-18)25-34-36-39(35-25)28(29)30/h2-10,15-16,24,28,36H,11-14H2,1H3,(H,32,40)(H,34,35). The van der Waals surface area contributed by atoms with Crippen molar-refractivity contribution in [2.75, 3.05) is 31.5 Å². The first-order valence-corrected chi connectivity index (χ1v) is 13.3. The van der Waals surface area contributed by atoms with E-state index in [1.807, 2.05) is 30.3 Å². The summed E-state index contributed by atoms with van der Waals surface area (Å²) in [4.78, 5) is 37.5. The molecule has 2 aliphatic heterocycles. The quantitative estimate of drug-likeness (QED) is 0.284. The van der Waals surface area contributed by atoms with Gasteiger partial charge < -0.3 is 14.6 Å². The fourth-order valence-electron chi connectivity index (χ4n) is 5.04. The smallest absolute Gasteiger partial charge is 0.344 e. The van der Waals surface area contributed by atoms with Crippen LogP contribution in [0.2, 0.25) is 0 Å². The van der Waals surface area contributed by atoms with Gasteiger partial charge in [0.05, 0.1) is 6.04 Å². The fraction of sp³-hybridized carbons (Fsp3) is 0.250. The van der Waals surface area contributed by atoms with Gasteiger partial charge in [-0.3, -0.25) is 24.9 Å². The molecular weight excluding hydrogens is 548 g/mol. The van der Waals surface area contributed by atoms with Gasteiger partial charge in [0.15, 0.2) is 11.4 Å². The SMILES string of the molecule is CC(=O)Nc1ccc2oc(-c3cc(C(=O)N4CCN(C(C5=NN(C(F)F)NN5)c5ccccc5)CC4)ccn3)nc2c1. The molecule has 216 valence electrons. The average Bonchev–Trinajstić information content (AvgIpc) is 3.66. The number of rotatable bonds is 7. The minimum Gasteiger partial charge on any atom is -0.435 e. The van der Waals surface area contributed by atoms with Crippen molar-refractivity contribution in [3.63, 3.8) is 0 Å². The number of anilines is 1. The molecule has 3 N–H and O–H groups in total. The number of alkyl halides is 2. The lowest BCUT2D eigenvalue weighted by Gasteiger charge is -2.39. The Hall–Kier alpha value is -4.95. The number of halogens is 2. The van der Waals surface area contributed by atoms with E-state index in [1.165, 1.54) is 13.1 Å². The zero-order valence-electron chi connectivity index (χ0n) is 22.5. The highest BCUT2D eigenvalue weighted by Crippen LogP contribution is 2.28. The van der Waals surface area contributed by atoms with Crippen LogP contribution < -0.4 is 16.3 Å². The molecule has 2 aromatic carbocycles. The van der Waals surface area contributed by atoms with Gasteiger partial charge in [0, 0.05) is 50.6 Å². The Morgan fingerprint density at radius 1 is 1.02 bits per heavy atom. The maximum Gasteiger partial charge on any atom is 0.344 e. The third kappa shape index (κ3) is 5.62. The molecule has 0 bridgehead atoms. The zero-order valence-corrected chi connectivity index (χ0v) is 22.5. The Morgan fingerprint density at radius 2 is 1.81 bits per heavy atom. The number of fused-ring (bicyclic) bond motifs is 1. The number of aromatic nitrogens is 2. The molecule has 1 unspecified atom stereocenters. The predicted octanol–water partition coefficient (Wildman–Crippen LogP) is 3.21. The van der Waals surface area contributed by atoms with Gasteiger partial charge in [0.25, 0.3) is 5.91 Å². The number of nitrogens with zero attached hydrogens (tertiary/aromatic N) is 6. The molecule has 14 heteroatoms. The number of piperazine rings is 1. The van der Waals surface area contributed by atoms with Crippen molar-refractivity contribution < 1.29 is 22.8 Å². The van der Waals surface area contributed by atoms with Crippen LogP contribution >= 0.6 is 0 Å². The zero-order chi connectivity index (χ0) is 29.2. The van der Waals surface area contributed by atoms with Gasteiger partial charge in [-0.15, -0.1) is 15.8 Å². The van der Waals surface area contributed by atoms with Crippen molar-refractivity contribution in [3.8, 4) is 11.6 Å². The molecule has 0 aliphatic carbocycles. The van der Waals surface area contributed by atoms with E-state index < -0.39 is 12.6 Å². The van der Waals surface area contributed by atoms with Gasteiger partial charge in [-0.05, 0) is 35.9 Å². The van der Waals surface area contributed by atoms with Gasteiger partial charge in [-0.25, -0.2) is 4.98 Å². The summed E-state index contributed by atoms with van der Waals surface area (Å²) in [6, 6.07) is 17.5. The number of pyridine rings is 1. The molecular formula is C28H27F2N9O3. The van der Waals surface area contributed by atoms with Crippen LogP contribution in [0.5, 0.6) is 0 Å². The highest BCUT2D eigenvalue weighted by atomic mass is 19.3. The molecule has 42 heavy (non-hydrogen) atoms. The van der Waals surface area contributed by atoms with Crippen LogP contribution in [0.1, 0.15) is 28.9 Å². The largest absolute Gasteiger partial charge is 0.435 e. The van der Waals surface area contributed by atoms with Gasteiger partial charge in [-0.2, -0.15) is 8.78 Å². The Labute approximate surface area is 238 Å². The molecule has 0 saturated carbocycles. The van der Waals surface area contributed by atoms with Gasteiger partial charge in [0.2, 0.25) is 11.8 Å². The first kappa shape index (κ1) is 27.2. The topological polar surface area (TPSA) is 131 Å². The molecule has 2 aromatic heterocycles. The van der Waals surface area contributed by atoms with Gasteiger partial charge in [0.1, 0.15) is 11.2 Å². The third-order valence-corrected chi connectivity index (χ3v) is 6.97. The molecule has 2 amide bonds. The summed E-state index contributed by atoms with van der Waals surface area (Å²) in [5, 5.41) is 7.22. The summed E-state index contributed by atoms with van der Waals surface area (Å²) in [6.45, 7) is 0.471. The first-order chi connectivity index (χ1) is 20.4. The van der Waals surface area contributed by atoms with Crippen LogP contribution in [-0.2, 0) is 4.79 Å². The molecule has 6 rings (SSSR count). The highest BCUT2D eigenvalue weighted by Gasteiger charge is 2.34. The number of carbonyl (C=O) groups excluding carboxylic acids is 2. The molecule has 12 nitrogen and oxygen atoms in total. The Morgan fingerprint density at radius 3 is 2.52 bits per heavy atom. The molecule has 4 heterocycles. The number of benzene rings is 2. The van der Waals surface area contributed by atoms with Crippen molar-refractivity contribution in [3.05, 3.63) is 78.0 Å². The van der Waals surface area contributed by atoms with Crippen LogP contribution in [0.3, 0.4) is 0 Å². The van der Waals surface area contributed by atoms with Crippen molar-refractivity contribution in [2.45, 2.75) is 19.5 Å². The molecule has 1 atom stereocenters. The number of hydrazine groups is 2. The fourth-order valence-corrected chi connectivity index (χ4v) is 5.04. The second kappa shape index (κ2) is 11.5. The van der Waals surface area contributed by atoms with E-state index in [0.29, 0.717) is 65.2 Å². The molecule has 4 aromatic rings. The number of hydrogen-bond donors (Lipinski definition) is 3. The van der Waals surface area contributed by atoms with E-state index in [2.05, 4.69) is 36.2 Å². The number of carbonyl (C=O) groups is 2. The van der Waals surface area contributed by atoms with Crippen LogP contribution in [0.15, 0.2) is 76.4 Å². The van der Waals surface area contributed by atoms with Crippen molar-refractivity contribution in [1.82, 2.24) is 35.8 Å². The summed E-state index contributed by atoms with van der Waals surface area (Å²) in [7, 11) is 0. The summed E-state index contributed by atoms with van der Waals surface area (Å²) >= 11 is 0. The van der Waals surface area contributed by atoms with Crippen LogP contribution in [0, 0.1) is 0 Å². The molecule has 1 saturated heterocycles. The second-order valence-electron chi connectivity index (χ2n) is 9.80. The summed E-state index contributed by atoms with van der Waals surface area (Å²) in [6.07, 6.45) is 1.54. The van der Waals surface area contributed by atoms with Crippen LogP contribution in [0.25, 0.3) is 22.7 Å². The maximum absolute atomic E-state index is 13.5. The van der Waals surface area contributed by atoms with E-state index >= 15 is 0 Å². The lowest BCUT2D eigenvalue weighted by molar-refractivity contribution is -0.114. The van der Waals surface area contributed by atoms with Gasteiger partial charge >= 0.3 is 6.55 Å². The monoisotopic (exact) mass is 575 g/mol. The van der Waals surface area contributed by atoms with E-state index in [0.717, 1.165) is 5.56 Å². The maximum atomic E-state index is 13.5. The average molecular weight is 576 g/mol. The Kier molecular flexibility index (Phi) is 7.46. The number of hydrazone groups is 1. The Balaban J connectivity index is 1.17. The number of amides is 2. The predicted molar refractivity (Wildman–Crippen MR) is 150 cm³/mol.